The Balaban J connectivity index is 2.33. The quantitative estimate of drug-likeness (QED) is 0.777. The molecule has 1 unspecified atom stereocenters. The zero-order valence-electron chi connectivity index (χ0n) is 9.40. The molecule has 0 bridgehead atoms. The van der Waals surface area contributed by atoms with Gasteiger partial charge in [-0.25, -0.2) is 0 Å². The highest BCUT2D eigenvalue weighted by Gasteiger charge is 2.06. The van der Waals surface area contributed by atoms with Crippen LogP contribution in [-0.2, 0) is 11.3 Å². The summed E-state index contributed by atoms with van der Waals surface area (Å²) < 4.78 is 5.63. The number of ether oxygens (including phenoxy) is 1. The molecule has 1 rings (SSSR count). The maximum Gasteiger partial charge on any atom is 0.151 e. The molecule has 0 amide bonds. The molecule has 0 saturated heterocycles. The molecule has 4 heteroatoms. The first-order valence-electron chi connectivity index (χ1n) is 5.17. The minimum absolute atomic E-state index is 0.252. The van der Waals surface area contributed by atoms with Crippen molar-refractivity contribution in [3.63, 3.8) is 0 Å². The number of nitrogens with zero attached hydrogens (tertiary/aromatic N) is 2. The van der Waals surface area contributed by atoms with Gasteiger partial charge in [0.25, 0.3) is 0 Å². The first-order chi connectivity index (χ1) is 7.08. The van der Waals surface area contributed by atoms with Gasteiger partial charge in [0.15, 0.2) is 5.15 Å². The molecule has 0 radical (unpaired) electrons. The summed E-state index contributed by atoms with van der Waals surface area (Å²) in [6, 6.07) is 3.55. The third kappa shape index (κ3) is 5.09. The van der Waals surface area contributed by atoms with E-state index < -0.39 is 0 Å². The molecule has 84 valence electrons. The zero-order valence-corrected chi connectivity index (χ0v) is 10.2. The van der Waals surface area contributed by atoms with Crippen molar-refractivity contribution in [2.45, 2.75) is 39.9 Å². The van der Waals surface area contributed by atoms with E-state index in [0.717, 1.165) is 12.1 Å². The normalized spacial score (nSPS) is 13.1. The fourth-order valence-electron chi connectivity index (χ4n) is 1.38. The van der Waals surface area contributed by atoms with E-state index in [9.17, 15) is 0 Å². The van der Waals surface area contributed by atoms with Crippen molar-refractivity contribution >= 4 is 11.6 Å². The van der Waals surface area contributed by atoms with Crippen molar-refractivity contribution in [1.82, 2.24) is 10.2 Å². The van der Waals surface area contributed by atoms with Crippen LogP contribution in [0.1, 0.15) is 32.9 Å². The Bertz CT molecular complexity index is 287. The third-order valence-electron chi connectivity index (χ3n) is 2.01. The minimum atomic E-state index is 0.252. The molecular formula is C11H17ClN2O. The number of rotatable bonds is 5. The second kappa shape index (κ2) is 6.03. The summed E-state index contributed by atoms with van der Waals surface area (Å²) in [5.41, 5.74) is 0.815. The Kier molecular flexibility index (Phi) is 4.99. The van der Waals surface area contributed by atoms with Crippen LogP contribution in [0.15, 0.2) is 12.1 Å². The van der Waals surface area contributed by atoms with Crippen LogP contribution >= 0.6 is 11.6 Å². The molecule has 0 spiro atoms. The summed E-state index contributed by atoms with van der Waals surface area (Å²) in [6.07, 6.45) is 1.31. The van der Waals surface area contributed by atoms with Crippen LogP contribution in [-0.4, -0.2) is 16.3 Å². The van der Waals surface area contributed by atoms with E-state index in [1.807, 2.05) is 6.07 Å². The Hall–Kier alpha value is -0.670. The van der Waals surface area contributed by atoms with Crippen LogP contribution in [0.25, 0.3) is 0 Å². The number of halogens is 1. The van der Waals surface area contributed by atoms with Crippen molar-refractivity contribution in [2.24, 2.45) is 5.92 Å². The molecule has 15 heavy (non-hydrogen) atoms. The van der Waals surface area contributed by atoms with E-state index in [1.54, 1.807) is 6.07 Å². The van der Waals surface area contributed by atoms with Gasteiger partial charge < -0.3 is 4.74 Å². The molecule has 0 saturated carbocycles. The van der Waals surface area contributed by atoms with Crippen LogP contribution in [0.2, 0.25) is 5.15 Å². The molecule has 0 aromatic carbocycles. The summed E-state index contributed by atoms with van der Waals surface area (Å²) in [6.45, 7) is 6.94. The summed E-state index contributed by atoms with van der Waals surface area (Å²) >= 11 is 5.63. The third-order valence-corrected chi connectivity index (χ3v) is 2.21. The molecule has 1 aromatic heterocycles. The van der Waals surface area contributed by atoms with Crippen molar-refractivity contribution in [3.8, 4) is 0 Å². The van der Waals surface area contributed by atoms with Crippen molar-refractivity contribution in [1.29, 1.82) is 0 Å². The van der Waals surface area contributed by atoms with Gasteiger partial charge in [0, 0.05) is 0 Å². The fraction of sp³-hybridized carbons (Fsp3) is 0.636. The van der Waals surface area contributed by atoms with Crippen molar-refractivity contribution < 1.29 is 4.74 Å². The van der Waals surface area contributed by atoms with Crippen molar-refractivity contribution in [3.05, 3.63) is 23.0 Å². The van der Waals surface area contributed by atoms with Gasteiger partial charge in [-0.1, -0.05) is 25.4 Å². The predicted molar refractivity (Wildman–Crippen MR) is 60.7 cm³/mol. The van der Waals surface area contributed by atoms with Gasteiger partial charge in [-0.05, 0) is 31.4 Å². The van der Waals surface area contributed by atoms with Gasteiger partial charge in [0.05, 0.1) is 18.4 Å². The van der Waals surface area contributed by atoms with Crippen LogP contribution < -0.4 is 0 Å². The minimum Gasteiger partial charge on any atom is -0.372 e. The highest BCUT2D eigenvalue weighted by molar-refractivity contribution is 6.29. The SMILES string of the molecule is CC(C)CC(C)OCc1ccc(Cl)nn1. The lowest BCUT2D eigenvalue weighted by molar-refractivity contribution is 0.0375. The molecule has 1 atom stereocenters. The first kappa shape index (κ1) is 12.4. The molecule has 0 aliphatic carbocycles. The Morgan fingerprint density at radius 2 is 2.00 bits per heavy atom. The maximum atomic E-state index is 5.63. The highest BCUT2D eigenvalue weighted by atomic mass is 35.5. The lowest BCUT2D eigenvalue weighted by atomic mass is 10.1. The Morgan fingerprint density at radius 3 is 2.53 bits per heavy atom. The lowest BCUT2D eigenvalue weighted by Crippen LogP contribution is -2.11. The first-order valence-corrected chi connectivity index (χ1v) is 5.55. The largest absolute Gasteiger partial charge is 0.372 e. The number of hydrogen-bond donors (Lipinski definition) is 0. The van der Waals surface area contributed by atoms with Crippen molar-refractivity contribution in [2.75, 3.05) is 0 Å². The smallest absolute Gasteiger partial charge is 0.151 e. The second-order valence-corrected chi connectivity index (χ2v) is 4.49. The fourth-order valence-corrected chi connectivity index (χ4v) is 1.48. The zero-order chi connectivity index (χ0) is 11.3. The van der Waals surface area contributed by atoms with Gasteiger partial charge in [0.1, 0.15) is 0 Å². The molecule has 1 heterocycles. The van der Waals surface area contributed by atoms with Crippen LogP contribution in [0, 0.1) is 5.92 Å². The number of hydrogen-bond acceptors (Lipinski definition) is 3. The van der Waals surface area contributed by atoms with Gasteiger partial charge >= 0.3 is 0 Å². The van der Waals surface area contributed by atoms with Crippen LogP contribution in [0.3, 0.4) is 0 Å². The standard InChI is InChI=1S/C11H17ClN2O/c1-8(2)6-9(3)15-7-10-4-5-11(12)14-13-10/h4-5,8-9H,6-7H2,1-3H3. The topological polar surface area (TPSA) is 35.0 Å². The lowest BCUT2D eigenvalue weighted by Gasteiger charge is -2.14. The highest BCUT2D eigenvalue weighted by Crippen LogP contribution is 2.10. The molecule has 0 fully saturated rings. The Labute approximate surface area is 95.8 Å². The van der Waals surface area contributed by atoms with E-state index in [-0.39, 0.29) is 6.10 Å². The van der Waals surface area contributed by atoms with E-state index in [4.69, 9.17) is 16.3 Å². The summed E-state index contributed by atoms with van der Waals surface area (Å²) in [4.78, 5) is 0. The summed E-state index contributed by atoms with van der Waals surface area (Å²) in [5.74, 6) is 0.649. The van der Waals surface area contributed by atoms with Crippen LogP contribution in [0.4, 0.5) is 0 Å². The van der Waals surface area contributed by atoms with Gasteiger partial charge in [-0.3, -0.25) is 0 Å². The Morgan fingerprint density at radius 1 is 1.27 bits per heavy atom. The monoisotopic (exact) mass is 228 g/mol. The van der Waals surface area contributed by atoms with Gasteiger partial charge in [0.2, 0.25) is 0 Å². The second-order valence-electron chi connectivity index (χ2n) is 4.10. The van der Waals surface area contributed by atoms with Gasteiger partial charge in [-0.2, -0.15) is 5.10 Å². The van der Waals surface area contributed by atoms with E-state index in [2.05, 4.69) is 31.0 Å². The predicted octanol–water partition coefficient (Wildman–Crippen LogP) is 3.08. The maximum absolute atomic E-state index is 5.63. The van der Waals surface area contributed by atoms with Gasteiger partial charge in [-0.15, -0.1) is 5.10 Å². The molecule has 0 aliphatic heterocycles. The summed E-state index contributed by atoms with van der Waals surface area (Å²) in [5, 5.41) is 8.09. The molecule has 0 aliphatic rings. The average molecular weight is 229 g/mol. The van der Waals surface area contributed by atoms with E-state index >= 15 is 0 Å². The van der Waals surface area contributed by atoms with E-state index in [0.29, 0.717) is 17.7 Å². The average Bonchev–Trinajstić information content (AvgIpc) is 2.16. The molecular weight excluding hydrogens is 212 g/mol. The molecule has 1 aromatic rings. The summed E-state index contributed by atoms with van der Waals surface area (Å²) in [7, 11) is 0. The van der Waals surface area contributed by atoms with Crippen LogP contribution in [0.5, 0.6) is 0 Å². The van der Waals surface area contributed by atoms with E-state index in [1.165, 1.54) is 0 Å². The number of aromatic nitrogens is 2. The molecule has 0 N–H and O–H groups in total. The molecule has 3 nitrogen and oxygen atoms in total.